The van der Waals surface area contributed by atoms with E-state index in [2.05, 4.69) is 41.1 Å². The van der Waals surface area contributed by atoms with Crippen molar-refractivity contribution in [2.24, 2.45) is 0 Å². The van der Waals surface area contributed by atoms with E-state index in [1.807, 2.05) is 4.68 Å². The van der Waals surface area contributed by atoms with Crippen LogP contribution in [0.2, 0.25) is 0 Å². The molecule has 0 aliphatic carbocycles. The number of nitrogens with zero attached hydrogens (tertiary/aromatic N) is 2. The normalized spacial score (nSPS) is 10.6. The van der Waals surface area contributed by atoms with Crippen LogP contribution >= 0.6 is 15.9 Å². The van der Waals surface area contributed by atoms with E-state index in [-0.39, 0.29) is 0 Å². The van der Waals surface area contributed by atoms with Crippen LogP contribution in [0.25, 0.3) is 0 Å². The van der Waals surface area contributed by atoms with Crippen LogP contribution in [0.1, 0.15) is 32.4 Å². The zero-order valence-electron chi connectivity index (χ0n) is 7.60. The predicted molar refractivity (Wildman–Crippen MR) is 53.0 cm³/mol. The highest BCUT2D eigenvalue weighted by molar-refractivity contribution is 9.10. The highest BCUT2D eigenvalue weighted by Gasteiger charge is 2.05. The van der Waals surface area contributed by atoms with Crippen LogP contribution in [0.3, 0.4) is 0 Å². The summed E-state index contributed by atoms with van der Waals surface area (Å²) in [4.78, 5) is 0. The summed E-state index contributed by atoms with van der Waals surface area (Å²) in [5.41, 5.74) is 1.25. The summed E-state index contributed by atoms with van der Waals surface area (Å²) in [6.45, 7) is 5.34. The highest BCUT2D eigenvalue weighted by atomic mass is 79.9. The van der Waals surface area contributed by atoms with Crippen LogP contribution in [0.15, 0.2) is 4.47 Å². The molecule has 0 N–H and O–H groups in total. The van der Waals surface area contributed by atoms with Gasteiger partial charge < -0.3 is 0 Å². The fourth-order valence-electron chi connectivity index (χ4n) is 1.17. The van der Waals surface area contributed by atoms with Gasteiger partial charge in [0.25, 0.3) is 0 Å². The van der Waals surface area contributed by atoms with Crippen molar-refractivity contribution < 1.29 is 0 Å². The van der Waals surface area contributed by atoms with Crippen molar-refractivity contribution in [3.05, 3.63) is 16.4 Å². The zero-order valence-corrected chi connectivity index (χ0v) is 9.19. The maximum Gasteiger partial charge on any atom is 0.128 e. The van der Waals surface area contributed by atoms with Crippen molar-refractivity contribution in [3.63, 3.8) is 0 Å². The van der Waals surface area contributed by atoms with Crippen LogP contribution < -0.4 is 0 Å². The third kappa shape index (κ3) is 2.09. The summed E-state index contributed by atoms with van der Waals surface area (Å²) in [5, 5.41) is 4.17. The van der Waals surface area contributed by atoms with Gasteiger partial charge >= 0.3 is 0 Å². The van der Waals surface area contributed by atoms with Crippen LogP contribution in [-0.2, 0) is 13.0 Å². The molecule has 0 saturated carbocycles. The zero-order chi connectivity index (χ0) is 8.97. The van der Waals surface area contributed by atoms with Crippen LogP contribution in [-0.4, -0.2) is 9.78 Å². The third-order valence-electron chi connectivity index (χ3n) is 1.89. The Hall–Kier alpha value is -0.310. The standard InChI is InChI=1S/C9H14BrN2/c1-3-5-6-12-9(4-2)8(10)7-11-12/h3-6H2,1-2H3. The Bertz CT molecular complexity index is 243. The fourth-order valence-corrected chi connectivity index (χ4v) is 1.74. The highest BCUT2D eigenvalue weighted by Crippen LogP contribution is 2.16. The third-order valence-corrected chi connectivity index (χ3v) is 2.53. The Morgan fingerprint density at radius 2 is 2.25 bits per heavy atom. The number of unbranched alkanes of at least 4 members (excludes halogenated alkanes) is 1. The van der Waals surface area contributed by atoms with Gasteiger partial charge in [0.05, 0.1) is 10.2 Å². The fraction of sp³-hybridized carbons (Fsp3) is 0.667. The molecule has 0 atom stereocenters. The van der Waals surface area contributed by atoms with Gasteiger partial charge in [0.15, 0.2) is 0 Å². The van der Waals surface area contributed by atoms with Crippen molar-refractivity contribution in [2.75, 3.05) is 0 Å². The number of hydrogen-bond donors (Lipinski definition) is 0. The molecule has 0 bridgehead atoms. The molecule has 2 nitrogen and oxygen atoms in total. The molecule has 0 saturated heterocycles. The molecule has 0 aromatic carbocycles. The largest absolute Gasteiger partial charge is 0.268 e. The Morgan fingerprint density at radius 3 is 2.83 bits per heavy atom. The monoisotopic (exact) mass is 229 g/mol. The molecule has 0 spiro atoms. The molecule has 12 heavy (non-hydrogen) atoms. The van der Waals surface area contributed by atoms with E-state index in [4.69, 9.17) is 0 Å². The molecule has 0 unspecified atom stereocenters. The molecule has 1 aromatic heterocycles. The van der Waals surface area contributed by atoms with Crippen molar-refractivity contribution in [1.82, 2.24) is 9.78 Å². The quantitative estimate of drug-likeness (QED) is 0.777. The molecule has 1 radical (unpaired) electrons. The SMILES string of the molecule is CCCCn1n[c]c(Br)c1CC. The average Bonchev–Trinajstić information content (AvgIpc) is 2.43. The lowest BCUT2D eigenvalue weighted by molar-refractivity contribution is 0.550. The second-order valence-electron chi connectivity index (χ2n) is 2.80. The smallest absolute Gasteiger partial charge is 0.128 e. The van der Waals surface area contributed by atoms with E-state index in [0.29, 0.717) is 0 Å². The van der Waals surface area contributed by atoms with Crippen LogP contribution in [0.5, 0.6) is 0 Å². The van der Waals surface area contributed by atoms with Gasteiger partial charge in [0, 0.05) is 6.54 Å². The van der Waals surface area contributed by atoms with Gasteiger partial charge in [0.2, 0.25) is 0 Å². The Kier molecular flexibility index (Phi) is 3.79. The van der Waals surface area contributed by atoms with Gasteiger partial charge in [-0.25, -0.2) is 0 Å². The topological polar surface area (TPSA) is 17.8 Å². The molecule has 0 aliphatic rings. The van der Waals surface area contributed by atoms with E-state index in [0.717, 1.165) is 17.4 Å². The Morgan fingerprint density at radius 1 is 1.50 bits per heavy atom. The molecular formula is C9H14BrN2. The van der Waals surface area contributed by atoms with E-state index in [1.165, 1.54) is 18.5 Å². The lowest BCUT2D eigenvalue weighted by Gasteiger charge is -2.04. The first-order valence-electron chi connectivity index (χ1n) is 4.42. The summed E-state index contributed by atoms with van der Waals surface area (Å²) in [6, 6.07) is 0. The summed E-state index contributed by atoms with van der Waals surface area (Å²) < 4.78 is 3.05. The van der Waals surface area contributed by atoms with Gasteiger partial charge in [-0.1, -0.05) is 20.3 Å². The van der Waals surface area contributed by atoms with Gasteiger partial charge in [-0.3, -0.25) is 4.68 Å². The first kappa shape index (κ1) is 9.78. The average molecular weight is 230 g/mol. The summed E-state index contributed by atoms with van der Waals surface area (Å²) in [6.07, 6.45) is 6.34. The first-order valence-corrected chi connectivity index (χ1v) is 5.21. The number of halogens is 1. The molecular weight excluding hydrogens is 216 g/mol. The molecule has 1 heterocycles. The molecule has 0 amide bonds. The van der Waals surface area contributed by atoms with Gasteiger partial charge in [-0.15, -0.1) is 0 Å². The molecule has 0 fully saturated rings. The molecule has 67 valence electrons. The van der Waals surface area contributed by atoms with Crippen LogP contribution in [0.4, 0.5) is 0 Å². The molecule has 0 aliphatic heterocycles. The van der Waals surface area contributed by atoms with Crippen molar-refractivity contribution in [3.8, 4) is 0 Å². The molecule has 3 heteroatoms. The lowest BCUT2D eigenvalue weighted by atomic mass is 10.3. The van der Waals surface area contributed by atoms with Crippen molar-refractivity contribution in [1.29, 1.82) is 0 Å². The van der Waals surface area contributed by atoms with Gasteiger partial charge in [-0.2, -0.15) is 5.10 Å². The van der Waals surface area contributed by atoms with Crippen LogP contribution in [0, 0.1) is 6.20 Å². The van der Waals surface area contributed by atoms with E-state index in [9.17, 15) is 0 Å². The number of rotatable bonds is 4. The maximum absolute atomic E-state index is 4.17. The second-order valence-corrected chi connectivity index (χ2v) is 3.60. The molecule has 1 aromatic rings. The summed E-state index contributed by atoms with van der Waals surface area (Å²) >= 11 is 3.43. The number of aromatic nitrogens is 2. The minimum Gasteiger partial charge on any atom is -0.268 e. The van der Waals surface area contributed by atoms with Crippen molar-refractivity contribution in [2.45, 2.75) is 39.7 Å². The second kappa shape index (κ2) is 4.65. The summed E-state index contributed by atoms with van der Waals surface area (Å²) in [7, 11) is 0. The van der Waals surface area contributed by atoms with Gasteiger partial charge in [0.1, 0.15) is 6.20 Å². The lowest BCUT2D eigenvalue weighted by Crippen LogP contribution is -2.04. The first-order chi connectivity index (χ1) is 5.79. The minimum absolute atomic E-state index is 1.01. The number of hydrogen-bond acceptors (Lipinski definition) is 1. The predicted octanol–water partition coefficient (Wildman–Crippen LogP) is 2.81. The Balaban J connectivity index is 2.70. The minimum atomic E-state index is 1.01. The van der Waals surface area contributed by atoms with Crippen molar-refractivity contribution >= 4 is 15.9 Å². The van der Waals surface area contributed by atoms with E-state index >= 15 is 0 Å². The van der Waals surface area contributed by atoms with E-state index in [1.54, 1.807) is 0 Å². The molecule has 1 rings (SSSR count). The number of aryl methyl sites for hydroxylation is 1. The van der Waals surface area contributed by atoms with E-state index < -0.39 is 0 Å². The Labute approximate surface area is 82.1 Å². The summed E-state index contributed by atoms with van der Waals surface area (Å²) in [5.74, 6) is 0. The maximum atomic E-state index is 4.17. The van der Waals surface area contributed by atoms with Gasteiger partial charge in [-0.05, 0) is 28.8 Å².